The predicted octanol–water partition coefficient (Wildman–Crippen LogP) is 4.99. The summed E-state index contributed by atoms with van der Waals surface area (Å²) in [4.78, 5) is 11.7. The molecule has 4 rings (SSSR count). The Hall–Kier alpha value is -0.370. The molecule has 8 atom stereocenters. The van der Waals surface area contributed by atoms with Crippen LogP contribution in [0.5, 0.6) is 0 Å². The summed E-state index contributed by atoms with van der Waals surface area (Å²) < 4.78 is 0. The summed E-state index contributed by atoms with van der Waals surface area (Å²) in [6.07, 6.45) is 12.2. The molecule has 0 aromatic carbocycles. The van der Waals surface area contributed by atoms with E-state index in [1.54, 1.807) is 6.92 Å². The number of carbonyl (C=O) groups excluding carboxylic acids is 1. The third kappa shape index (κ3) is 2.68. The quantitative estimate of drug-likeness (QED) is 0.774. The highest BCUT2D eigenvalue weighted by Crippen LogP contribution is 2.65. The second-order valence-electron chi connectivity index (χ2n) is 10.4. The van der Waals surface area contributed by atoms with Gasteiger partial charge in [-0.05, 0) is 113 Å². The van der Waals surface area contributed by atoms with Crippen LogP contribution >= 0.6 is 0 Å². The number of fused-ring (bicyclic) bond motifs is 5. The maximum Gasteiger partial charge on any atom is 0.130 e. The van der Waals surface area contributed by atoms with E-state index in [9.17, 15) is 9.90 Å². The molecular weight excluding hydrogens is 296 g/mol. The van der Waals surface area contributed by atoms with E-state index in [1.807, 2.05) is 0 Å². The predicted molar refractivity (Wildman–Crippen MR) is 96.5 cm³/mol. The van der Waals surface area contributed by atoms with Crippen molar-refractivity contribution in [3.8, 4) is 0 Å². The van der Waals surface area contributed by atoms with E-state index in [2.05, 4.69) is 13.8 Å². The smallest absolute Gasteiger partial charge is 0.130 e. The zero-order valence-corrected chi connectivity index (χ0v) is 15.9. The first-order valence-corrected chi connectivity index (χ1v) is 10.5. The molecule has 0 spiro atoms. The maximum atomic E-state index is 11.7. The SMILES string of the molecule is CC(=O)C[C@H]1CC[C@H]2[C@@H]3CC[C@@H]4C[C@](C)(O)CC[C@@H]4[C@H]3CC[C@]12C. The Morgan fingerprint density at radius 3 is 2.46 bits per heavy atom. The molecule has 0 aliphatic heterocycles. The molecule has 2 nitrogen and oxygen atoms in total. The molecule has 0 aromatic rings. The van der Waals surface area contributed by atoms with Crippen molar-refractivity contribution in [2.24, 2.45) is 40.9 Å². The number of ketones is 1. The second kappa shape index (κ2) is 5.83. The lowest BCUT2D eigenvalue weighted by atomic mass is 9.49. The van der Waals surface area contributed by atoms with E-state index >= 15 is 0 Å². The Labute approximate surface area is 147 Å². The van der Waals surface area contributed by atoms with E-state index in [1.165, 1.54) is 44.9 Å². The molecule has 4 saturated carbocycles. The topological polar surface area (TPSA) is 37.3 Å². The molecule has 1 N–H and O–H groups in total. The van der Waals surface area contributed by atoms with Crippen molar-refractivity contribution in [2.45, 2.75) is 90.6 Å². The minimum atomic E-state index is -0.406. The molecular formula is C22H36O2. The molecule has 4 aliphatic carbocycles. The van der Waals surface area contributed by atoms with Gasteiger partial charge < -0.3 is 9.90 Å². The Kier molecular flexibility index (Phi) is 4.14. The van der Waals surface area contributed by atoms with Gasteiger partial charge in [-0.3, -0.25) is 0 Å². The number of aliphatic hydroxyl groups is 1. The van der Waals surface area contributed by atoms with E-state index in [0.717, 1.165) is 48.9 Å². The van der Waals surface area contributed by atoms with Gasteiger partial charge in [-0.2, -0.15) is 0 Å². The van der Waals surface area contributed by atoms with Gasteiger partial charge in [-0.1, -0.05) is 6.92 Å². The molecule has 4 fully saturated rings. The lowest BCUT2D eigenvalue weighted by Gasteiger charge is -2.57. The average Bonchev–Trinajstić information content (AvgIpc) is 2.82. The summed E-state index contributed by atoms with van der Waals surface area (Å²) in [5.41, 5.74) is 0.0248. The van der Waals surface area contributed by atoms with Gasteiger partial charge in [0.2, 0.25) is 0 Å². The van der Waals surface area contributed by atoms with Crippen molar-refractivity contribution >= 4 is 5.78 Å². The summed E-state index contributed by atoms with van der Waals surface area (Å²) >= 11 is 0. The average molecular weight is 333 g/mol. The third-order valence-corrected chi connectivity index (χ3v) is 8.97. The molecule has 0 aromatic heterocycles. The summed E-state index contributed by atoms with van der Waals surface area (Å²) in [6, 6.07) is 0. The first-order chi connectivity index (χ1) is 11.3. The van der Waals surface area contributed by atoms with Crippen LogP contribution in [0.25, 0.3) is 0 Å². The molecule has 24 heavy (non-hydrogen) atoms. The molecule has 0 bridgehead atoms. The Morgan fingerprint density at radius 1 is 0.958 bits per heavy atom. The number of hydrogen-bond donors (Lipinski definition) is 1. The number of rotatable bonds is 2. The van der Waals surface area contributed by atoms with E-state index in [4.69, 9.17) is 0 Å². The van der Waals surface area contributed by atoms with E-state index in [-0.39, 0.29) is 0 Å². The number of hydrogen-bond acceptors (Lipinski definition) is 2. The largest absolute Gasteiger partial charge is 0.390 e. The summed E-state index contributed by atoms with van der Waals surface area (Å²) in [5.74, 6) is 5.37. The second-order valence-corrected chi connectivity index (χ2v) is 10.4. The van der Waals surface area contributed by atoms with E-state index < -0.39 is 5.60 Å². The molecule has 4 aliphatic rings. The monoisotopic (exact) mass is 332 g/mol. The highest BCUT2D eigenvalue weighted by atomic mass is 16.3. The van der Waals surface area contributed by atoms with Gasteiger partial charge in [0, 0.05) is 6.42 Å². The lowest BCUT2D eigenvalue weighted by molar-refractivity contribution is -0.121. The molecule has 136 valence electrons. The van der Waals surface area contributed by atoms with Crippen molar-refractivity contribution in [1.29, 1.82) is 0 Å². The van der Waals surface area contributed by atoms with Gasteiger partial charge in [0.05, 0.1) is 5.60 Å². The minimum absolute atomic E-state index is 0.391. The summed E-state index contributed by atoms with van der Waals surface area (Å²) in [5, 5.41) is 10.5. The van der Waals surface area contributed by atoms with Crippen LogP contribution < -0.4 is 0 Å². The van der Waals surface area contributed by atoms with Gasteiger partial charge in [0.15, 0.2) is 0 Å². The van der Waals surface area contributed by atoms with Crippen molar-refractivity contribution < 1.29 is 9.90 Å². The van der Waals surface area contributed by atoms with Crippen LogP contribution in [0.4, 0.5) is 0 Å². The van der Waals surface area contributed by atoms with Crippen LogP contribution in [0.2, 0.25) is 0 Å². The van der Waals surface area contributed by atoms with Crippen molar-refractivity contribution in [2.75, 3.05) is 0 Å². The molecule has 0 saturated heterocycles. The van der Waals surface area contributed by atoms with Gasteiger partial charge in [-0.15, -0.1) is 0 Å². The summed E-state index contributed by atoms with van der Waals surface area (Å²) in [6.45, 7) is 6.35. The van der Waals surface area contributed by atoms with Gasteiger partial charge in [0.25, 0.3) is 0 Å². The van der Waals surface area contributed by atoms with Crippen LogP contribution in [0.15, 0.2) is 0 Å². The molecule has 2 heteroatoms. The van der Waals surface area contributed by atoms with Gasteiger partial charge in [-0.25, -0.2) is 0 Å². The highest BCUT2D eigenvalue weighted by molar-refractivity contribution is 5.75. The highest BCUT2D eigenvalue weighted by Gasteiger charge is 2.57. The van der Waals surface area contributed by atoms with Crippen molar-refractivity contribution in [3.63, 3.8) is 0 Å². The van der Waals surface area contributed by atoms with Crippen molar-refractivity contribution in [1.82, 2.24) is 0 Å². The third-order valence-electron chi connectivity index (χ3n) is 8.97. The first-order valence-electron chi connectivity index (χ1n) is 10.5. The minimum Gasteiger partial charge on any atom is -0.390 e. The molecule has 0 unspecified atom stereocenters. The van der Waals surface area contributed by atoms with Crippen LogP contribution in [0, 0.1) is 40.9 Å². The van der Waals surface area contributed by atoms with Gasteiger partial charge >= 0.3 is 0 Å². The molecule has 0 radical (unpaired) electrons. The van der Waals surface area contributed by atoms with Crippen LogP contribution in [-0.4, -0.2) is 16.5 Å². The zero-order chi connectivity index (χ0) is 17.1. The first kappa shape index (κ1) is 17.1. The fourth-order valence-corrected chi connectivity index (χ4v) is 7.87. The Balaban J connectivity index is 1.52. The maximum absolute atomic E-state index is 11.7. The molecule has 0 amide bonds. The van der Waals surface area contributed by atoms with E-state index in [0.29, 0.717) is 17.1 Å². The zero-order valence-electron chi connectivity index (χ0n) is 15.9. The van der Waals surface area contributed by atoms with Crippen LogP contribution in [0.3, 0.4) is 0 Å². The number of carbonyl (C=O) groups is 1. The van der Waals surface area contributed by atoms with Crippen LogP contribution in [0.1, 0.15) is 85.0 Å². The van der Waals surface area contributed by atoms with Crippen LogP contribution in [-0.2, 0) is 4.79 Å². The number of Topliss-reactive ketones (excluding diaryl/α,β-unsaturated/α-hetero) is 1. The fraction of sp³-hybridized carbons (Fsp3) is 0.955. The van der Waals surface area contributed by atoms with Crippen molar-refractivity contribution in [3.05, 3.63) is 0 Å². The van der Waals surface area contributed by atoms with Gasteiger partial charge in [0.1, 0.15) is 5.78 Å². The Morgan fingerprint density at radius 2 is 1.71 bits per heavy atom. The summed E-state index contributed by atoms with van der Waals surface area (Å²) in [7, 11) is 0. The fourth-order valence-electron chi connectivity index (χ4n) is 7.87. The molecule has 0 heterocycles. The lowest BCUT2D eigenvalue weighted by Crippen LogP contribution is -2.50. The standard InChI is InChI=1S/C22H36O2/c1-14(23)12-16-5-7-20-19-6-4-15-13-21(2,24)10-8-17(15)18(19)9-11-22(16,20)3/h15-20,24H,4-13H2,1-3H3/t15-,16-,17+,18-,19-,20+,21-,22-/m1/s1. The Bertz CT molecular complexity index is 510. The normalized spacial score (nSPS) is 53.8.